The van der Waals surface area contributed by atoms with Crippen molar-refractivity contribution < 1.29 is 57.4 Å². The van der Waals surface area contributed by atoms with E-state index < -0.39 is 76.8 Å². The summed E-state index contributed by atoms with van der Waals surface area (Å²) in [5.74, 6) is -6.23. The lowest BCUT2D eigenvalue weighted by molar-refractivity contribution is -0.161. The first kappa shape index (κ1) is 52.5. The van der Waals surface area contributed by atoms with Crippen molar-refractivity contribution in [1.82, 2.24) is 9.88 Å². The number of alkyl halides is 1. The SMILES string of the molecule is COc1cc(N2CCN(CC(C)I)CC2)cc2oc3c4c(=O)c5c(O)c(C)c6c(c5c-3nc12)C(=O)[C@@](C)(O/C=C/[C@H](OC)[C@@H](C)[C@@H](OC(C)=O)[C@H](C)[C@H](O)[C@H](C)[C@@H](OC)[C@@H](C)/C=C/C=C(/C)C(=O)N4)O6. The van der Waals surface area contributed by atoms with Crippen molar-refractivity contribution >= 4 is 73.5 Å². The molecular formula is C52H65IN4O13. The van der Waals surface area contributed by atoms with Gasteiger partial charge in [-0.2, -0.15) is 0 Å². The number of methoxy groups -OCH3 is 3. The number of phenolic OH excluding ortho intramolecular Hbond substituents is 1. The number of ether oxygens (including phenoxy) is 6. The van der Waals surface area contributed by atoms with Gasteiger partial charge in [0.25, 0.3) is 11.7 Å². The Morgan fingerprint density at radius 2 is 1.67 bits per heavy atom. The first-order chi connectivity index (χ1) is 33.2. The van der Waals surface area contributed by atoms with Crippen molar-refractivity contribution in [2.45, 2.75) is 96.4 Å². The van der Waals surface area contributed by atoms with Gasteiger partial charge in [0.05, 0.1) is 42.6 Å². The molecule has 0 spiro atoms. The minimum atomic E-state index is -2.04. The molecule has 2 aromatic carbocycles. The smallest absolute Gasteiger partial charge is 0.312 e. The fourth-order valence-electron chi connectivity index (χ4n) is 10.2. The summed E-state index contributed by atoms with van der Waals surface area (Å²) < 4.78 is 43.3. The number of aromatic hydroxyl groups is 1. The van der Waals surface area contributed by atoms with Crippen molar-refractivity contribution in [2.75, 3.05) is 64.3 Å². The zero-order chi connectivity index (χ0) is 51.1. The first-order valence-corrected chi connectivity index (χ1v) is 24.8. The molecule has 18 heteroatoms. The third-order valence-electron chi connectivity index (χ3n) is 14.1. The number of Topliss-reactive ketones (excluding diaryl/α,β-unsaturated/α-hetero) is 1. The molecule has 10 atom stereocenters. The highest BCUT2D eigenvalue weighted by Crippen LogP contribution is 2.51. The number of nitrogens with one attached hydrogen (secondary N) is 1. The van der Waals surface area contributed by atoms with Crippen LogP contribution in [0.1, 0.15) is 71.3 Å². The second-order valence-corrected chi connectivity index (χ2v) is 21.1. The molecular weight excluding hydrogens is 1020 g/mol. The average molecular weight is 1080 g/mol. The number of anilines is 2. The Kier molecular flexibility index (Phi) is 15.9. The van der Waals surface area contributed by atoms with Crippen molar-refractivity contribution in [2.24, 2.45) is 23.7 Å². The van der Waals surface area contributed by atoms with Crippen LogP contribution in [0.2, 0.25) is 0 Å². The molecule has 17 nitrogen and oxygen atoms in total. The Morgan fingerprint density at radius 1 is 0.986 bits per heavy atom. The van der Waals surface area contributed by atoms with Gasteiger partial charge < -0.3 is 53.3 Å². The summed E-state index contributed by atoms with van der Waals surface area (Å²) in [6, 6.07) is 3.68. The molecule has 7 rings (SSSR count). The molecule has 2 aromatic rings. The number of hydrogen-bond acceptors (Lipinski definition) is 16. The topological polar surface area (TPSA) is 209 Å². The van der Waals surface area contributed by atoms with Crippen LogP contribution in [0.4, 0.5) is 11.4 Å². The summed E-state index contributed by atoms with van der Waals surface area (Å²) >= 11 is 2.43. The van der Waals surface area contributed by atoms with E-state index in [1.165, 1.54) is 41.3 Å². The fourth-order valence-corrected chi connectivity index (χ4v) is 10.7. The molecule has 1 unspecified atom stereocenters. The number of halogens is 1. The van der Waals surface area contributed by atoms with E-state index in [9.17, 15) is 24.6 Å². The molecule has 0 radical (unpaired) electrons. The van der Waals surface area contributed by atoms with E-state index in [-0.39, 0.29) is 67.4 Å². The molecule has 5 aliphatic rings. The predicted octanol–water partition coefficient (Wildman–Crippen LogP) is 7.56. The molecule has 1 fully saturated rings. The van der Waals surface area contributed by atoms with Crippen molar-refractivity contribution in [3.8, 4) is 28.7 Å². The van der Waals surface area contributed by atoms with Gasteiger partial charge >= 0.3 is 11.8 Å². The number of aromatic nitrogens is 1. The molecule has 378 valence electrons. The maximum absolute atomic E-state index is 15.0. The van der Waals surface area contributed by atoms with Gasteiger partial charge in [0.2, 0.25) is 5.43 Å². The molecule has 4 bridgehead atoms. The van der Waals surface area contributed by atoms with Crippen LogP contribution in [-0.4, -0.2) is 126 Å². The van der Waals surface area contributed by atoms with Crippen LogP contribution in [-0.2, 0) is 28.5 Å². The number of aliphatic hydroxyl groups excluding tert-OH is 1. The Labute approximate surface area is 421 Å². The van der Waals surface area contributed by atoms with E-state index in [0.29, 0.717) is 9.67 Å². The number of aliphatic hydroxyl groups is 1. The highest BCUT2D eigenvalue weighted by atomic mass is 127. The quantitative estimate of drug-likeness (QED) is 0.0536. The van der Waals surface area contributed by atoms with Gasteiger partial charge in [0, 0.05) is 123 Å². The van der Waals surface area contributed by atoms with Gasteiger partial charge in [-0.1, -0.05) is 75.4 Å². The molecule has 3 N–H and O–H groups in total. The number of ketones is 1. The van der Waals surface area contributed by atoms with E-state index in [2.05, 4.69) is 44.6 Å². The number of allylic oxidation sites excluding steroid dienone is 2. The van der Waals surface area contributed by atoms with Crippen molar-refractivity contribution in [3.63, 3.8) is 0 Å². The number of phenols is 1. The lowest BCUT2D eigenvalue weighted by atomic mass is 9.78. The summed E-state index contributed by atoms with van der Waals surface area (Å²) in [6.45, 7) is 19.5. The normalized spacial score (nSPS) is 29.3. The second-order valence-electron chi connectivity index (χ2n) is 19.0. The highest BCUT2D eigenvalue weighted by molar-refractivity contribution is 14.1. The molecule has 70 heavy (non-hydrogen) atoms. The van der Waals surface area contributed by atoms with Crippen LogP contribution in [0.3, 0.4) is 0 Å². The summed E-state index contributed by atoms with van der Waals surface area (Å²) in [6.07, 6.45) is 4.76. The summed E-state index contributed by atoms with van der Waals surface area (Å²) in [4.78, 5) is 66.4. The van der Waals surface area contributed by atoms with Crippen molar-refractivity contribution in [1.29, 1.82) is 0 Å². The van der Waals surface area contributed by atoms with Crippen LogP contribution in [0.5, 0.6) is 17.2 Å². The van der Waals surface area contributed by atoms with E-state index in [4.69, 9.17) is 37.8 Å². The highest BCUT2D eigenvalue weighted by Gasteiger charge is 2.50. The van der Waals surface area contributed by atoms with E-state index >= 15 is 4.79 Å². The zero-order valence-electron chi connectivity index (χ0n) is 41.9. The Hall–Kier alpha value is -5.28. The number of esters is 1. The average Bonchev–Trinajstić information content (AvgIpc) is 3.59. The van der Waals surface area contributed by atoms with Crippen LogP contribution in [0, 0.1) is 30.6 Å². The van der Waals surface area contributed by atoms with Crippen LogP contribution < -0.4 is 25.1 Å². The van der Waals surface area contributed by atoms with Gasteiger partial charge in [-0.15, -0.1) is 0 Å². The number of benzene rings is 3. The third kappa shape index (κ3) is 9.98. The van der Waals surface area contributed by atoms with Crippen LogP contribution >= 0.6 is 22.6 Å². The maximum Gasteiger partial charge on any atom is 0.312 e. The molecule has 4 aliphatic heterocycles. The number of nitrogens with zero attached hydrogens (tertiary/aromatic N) is 3. The molecule has 1 saturated heterocycles. The van der Waals surface area contributed by atoms with E-state index in [0.717, 1.165) is 38.4 Å². The zero-order valence-corrected chi connectivity index (χ0v) is 44.0. The molecule has 0 saturated carbocycles. The standard InChI is InChI=1S/C52H65IN4O13/c1-25-14-13-15-26(2)51(63)55-42-45(61)38-37(41-49(42)69-36-23-33(22-35(65-11)40(36)54-41)57-19-17-56(18-20-57)24-27(3)53)39-48(31(7)44(38)60)70-52(9,50(39)62)67-21-16-34(64-10)28(4)47(68-32(8)58)30(6)43(59)29(5)46(25)66-12/h13-16,21-23,25,27-30,34,43,46-47,59-60H,17-20,24H2,1-12H3,(H,55,63)/b14-13+,21-16+,26-15-/t25-,27?,28+,29-,30+,34-,43+,46-,47+,52-/m0/s1. The second kappa shape index (κ2) is 21.2. The van der Waals surface area contributed by atoms with Gasteiger partial charge in [0.15, 0.2) is 11.3 Å². The van der Waals surface area contributed by atoms with E-state index in [1.54, 1.807) is 39.2 Å². The number of hydrogen-bond donors (Lipinski definition) is 3. The third-order valence-corrected chi connectivity index (χ3v) is 14.5. The summed E-state index contributed by atoms with van der Waals surface area (Å²) in [5, 5.41) is 26.2. The number of carbonyl (C=O) groups is 3. The Morgan fingerprint density at radius 3 is 2.30 bits per heavy atom. The van der Waals surface area contributed by atoms with Crippen LogP contribution in [0.15, 0.2) is 57.5 Å². The fraction of sp³-hybridized carbons (Fsp3) is 0.519. The molecule has 1 aliphatic carbocycles. The number of fused-ring (bicyclic) bond motifs is 2. The number of amides is 1. The number of piperazine rings is 1. The predicted molar refractivity (Wildman–Crippen MR) is 274 cm³/mol. The minimum Gasteiger partial charge on any atom is -0.507 e. The molecule has 0 aromatic heterocycles. The minimum absolute atomic E-state index is 0.0288. The lowest BCUT2D eigenvalue weighted by Gasteiger charge is -2.38. The van der Waals surface area contributed by atoms with Crippen molar-refractivity contribution in [3.05, 3.63) is 69.6 Å². The largest absolute Gasteiger partial charge is 0.507 e. The van der Waals surface area contributed by atoms with E-state index in [1.807, 2.05) is 39.0 Å². The first-order valence-electron chi connectivity index (χ1n) is 23.6. The van der Waals surface area contributed by atoms with Gasteiger partial charge in [-0.25, -0.2) is 4.98 Å². The number of rotatable bonds is 7. The van der Waals surface area contributed by atoms with Gasteiger partial charge in [-0.3, -0.25) is 24.1 Å². The molecule has 4 heterocycles. The summed E-state index contributed by atoms with van der Waals surface area (Å²) in [7, 11) is 4.54. The van der Waals surface area contributed by atoms with Gasteiger partial charge in [-0.05, 0) is 19.9 Å². The Balaban J connectivity index is 1.44. The van der Waals surface area contributed by atoms with Crippen LogP contribution in [0.25, 0.3) is 33.3 Å². The van der Waals surface area contributed by atoms with Gasteiger partial charge in [0.1, 0.15) is 40.3 Å². The number of carbonyl (C=O) groups excluding carboxylic acids is 3. The maximum atomic E-state index is 15.0. The molecule has 1 amide bonds. The summed E-state index contributed by atoms with van der Waals surface area (Å²) in [5.41, 5.74) is 0.318. The lowest BCUT2D eigenvalue weighted by Crippen LogP contribution is -2.47. The Bertz CT molecular complexity index is 2780. The monoisotopic (exact) mass is 1080 g/mol.